The van der Waals surface area contributed by atoms with E-state index in [-0.39, 0.29) is 5.78 Å². The molecule has 8 heteroatoms. The highest BCUT2D eigenvalue weighted by Gasteiger charge is 2.21. The van der Waals surface area contributed by atoms with Crippen molar-refractivity contribution in [3.8, 4) is 11.6 Å². The molecule has 126 valence electrons. The number of para-hydroxylation sites is 1. The maximum absolute atomic E-state index is 13.0. The summed E-state index contributed by atoms with van der Waals surface area (Å²) in [5.74, 6) is 0.701. The van der Waals surface area contributed by atoms with Crippen LogP contribution in [0.4, 0.5) is 0 Å². The molecule has 7 nitrogen and oxygen atoms in total. The first-order chi connectivity index (χ1) is 12.2. The number of carbonyl (C=O) groups excluding carboxylic acids is 1. The van der Waals surface area contributed by atoms with Crippen molar-refractivity contribution in [1.82, 2.24) is 19.7 Å². The van der Waals surface area contributed by atoms with Crippen LogP contribution < -0.4 is 0 Å². The average molecular weight is 354 g/mol. The number of fused-ring (bicyclic) bond motifs is 1. The molecule has 0 spiro atoms. The Morgan fingerprint density at radius 3 is 2.92 bits per heavy atom. The van der Waals surface area contributed by atoms with Crippen molar-refractivity contribution in [1.29, 1.82) is 0 Å². The molecule has 0 amide bonds. The van der Waals surface area contributed by atoms with Gasteiger partial charge in [-0.15, -0.1) is 11.3 Å². The van der Waals surface area contributed by atoms with Crippen molar-refractivity contribution in [3.05, 3.63) is 52.2 Å². The molecule has 0 atom stereocenters. The summed E-state index contributed by atoms with van der Waals surface area (Å²) in [6.45, 7) is 2.11. The van der Waals surface area contributed by atoms with Gasteiger partial charge in [0, 0.05) is 24.1 Å². The van der Waals surface area contributed by atoms with Crippen LogP contribution in [0.15, 0.2) is 40.4 Å². The van der Waals surface area contributed by atoms with Crippen LogP contribution in [0, 0.1) is 6.92 Å². The van der Waals surface area contributed by atoms with Gasteiger partial charge in [-0.2, -0.15) is 4.98 Å². The fourth-order valence-electron chi connectivity index (χ4n) is 2.67. The summed E-state index contributed by atoms with van der Waals surface area (Å²) in [5, 5.41) is 6.74. The predicted molar refractivity (Wildman–Crippen MR) is 92.5 cm³/mol. The number of ether oxygens (including phenoxy) is 1. The minimum atomic E-state index is -0.140. The number of hydrogen-bond acceptors (Lipinski definition) is 7. The molecule has 0 bridgehead atoms. The first kappa shape index (κ1) is 15.7. The van der Waals surface area contributed by atoms with Crippen molar-refractivity contribution >= 4 is 28.0 Å². The highest BCUT2D eigenvalue weighted by Crippen LogP contribution is 2.27. The number of aryl methyl sites for hydroxylation is 1. The third kappa shape index (κ3) is 2.75. The molecular weight excluding hydrogens is 340 g/mol. The van der Waals surface area contributed by atoms with Crippen molar-refractivity contribution < 1.29 is 14.1 Å². The summed E-state index contributed by atoms with van der Waals surface area (Å²) >= 11 is 1.26. The summed E-state index contributed by atoms with van der Waals surface area (Å²) in [4.78, 5) is 21.5. The fraction of sp³-hybridized carbons (Fsp3) is 0.176. The lowest BCUT2D eigenvalue weighted by Crippen LogP contribution is -2.01. The van der Waals surface area contributed by atoms with Crippen LogP contribution in [0.25, 0.3) is 22.5 Å². The number of benzene rings is 1. The number of hydrogen-bond donors (Lipinski definition) is 0. The number of ketones is 1. The van der Waals surface area contributed by atoms with Gasteiger partial charge in [0.1, 0.15) is 12.4 Å². The van der Waals surface area contributed by atoms with Gasteiger partial charge in [-0.25, -0.2) is 4.98 Å². The van der Waals surface area contributed by atoms with Gasteiger partial charge in [-0.05, 0) is 13.0 Å². The van der Waals surface area contributed by atoms with E-state index < -0.39 is 0 Å². The van der Waals surface area contributed by atoms with Gasteiger partial charge in [0.2, 0.25) is 5.78 Å². The Hall–Kier alpha value is -2.84. The first-order valence-corrected chi connectivity index (χ1v) is 8.43. The third-order valence-electron chi connectivity index (χ3n) is 3.75. The van der Waals surface area contributed by atoms with E-state index >= 15 is 0 Å². The molecule has 25 heavy (non-hydrogen) atoms. The number of nitrogens with zero attached hydrogens (tertiary/aromatic N) is 4. The van der Waals surface area contributed by atoms with Gasteiger partial charge in [0.05, 0.1) is 11.1 Å². The van der Waals surface area contributed by atoms with Crippen molar-refractivity contribution in [2.24, 2.45) is 0 Å². The average Bonchev–Trinajstić information content (AvgIpc) is 3.33. The second-order valence-electron chi connectivity index (χ2n) is 5.46. The Labute approximate surface area is 146 Å². The SMILES string of the molecule is COCn1cc(C(=O)c2nc(-c3nc(C)no3)cs2)c2ccccc21. The molecule has 0 radical (unpaired) electrons. The monoisotopic (exact) mass is 354 g/mol. The van der Waals surface area contributed by atoms with Crippen LogP contribution in [0.5, 0.6) is 0 Å². The molecule has 0 aliphatic heterocycles. The Balaban J connectivity index is 1.74. The number of carbonyl (C=O) groups is 1. The molecular formula is C17H14N4O3S. The molecule has 0 N–H and O–H groups in total. The molecule has 1 aromatic carbocycles. The highest BCUT2D eigenvalue weighted by molar-refractivity contribution is 7.12. The zero-order valence-electron chi connectivity index (χ0n) is 13.6. The zero-order valence-corrected chi connectivity index (χ0v) is 14.4. The molecule has 4 rings (SSSR count). The van der Waals surface area contributed by atoms with E-state index in [2.05, 4.69) is 15.1 Å². The van der Waals surface area contributed by atoms with Gasteiger partial charge < -0.3 is 13.8 Å². The Bertz CT molecular complexity index is 1060. The van der Waals surface area contributed by atoms with Crippen LogP contribution in [0.3, 0.4) is 0 Å². The Morgan fingerprint density at radius 1 is 1.32 bits per heavy atom. The fourth-order valence-corrected chi connectivity index (χ4v) is 3.41. The van der Waals surface area contributed by atoms with E-state index in [1.807, 2.05) is 28.8 Å². The van der Waals surface area contributed by atoms with E-state index in [0.29, 0.717) is 34.7 Å². The van der Waals surface area contributed by atoms with E-state index in [9.17, 15) is 4.79 Å². The molecule has 0 aliphatic carbocycles. The van der Waals surface area contributed by atoms with Gasteiger partial charge in [-0.3, -0.25) is 4.79 Å². The Kier molecular flexibility index (Phi) is 3.90. The second kappa shape index (κ2) is 6.23. The highest BCUT2D eigenvalue weighted by atomic mass is 32.1. The van der Waals surface area contributed by atoms with Crippen molar-refractivity contribution in [3.63, 3.8) is 0 Å². The Morgan fingerprint density at radius 2 is 2.16 bits per heavy atom. The summed E-state index contributed by atoms with van der Waals surface area (Å²) in [5.41, 5.74) is 2.04. The summed E-state index contributed by atoms with van der Waals surface area (Å²) in [7, 11) is 1.62. The molecule has 4 aromatic rings. The molecule has 0 fully saturated rings. The van der Waals surface area contributed by atoms with E-state index in [4.69, 9.17) is 9.26 Å². The van der Waals surface area contributed by atoms with Crippen LogP contribution in [-0.2, 0) is 11.5 Å². The minimum Gasteiger partial charge on any atom is -0.364 e. The van der Waals surface area contributed by atoms with Gasteiger partial charge >= 0.3 is 0 Å². The van der Waals surface area contributed by atoms with Crippen LogP contribution in [0.2, 0.25) is 0 Å². The summed E-state index contributed by atoms with van der Waals surface area (Å²) < 4.78 is 12.2. The lowest BCUT2D eigenvalue weighted by molar-refractivity contribution is 0.103. The lowest BCUT2D eigenvalue weighted by atomic mass is 10.1. The van der Waals surface area contributed by atoms with E-state index in [1.54, 1.807) is 25.6 Å². The normalized spacial score (nSPS) is 11.3. The largest absolute Gasteiger partial charge is 0.364 e. The molecule has 3 aromatic heterocycles. The minimum absolute atomic E-state index is 0.140. The second-order valence-corrected chi connectivity index (χ2v) is 6.32. The molecule has 0 saturated heterocycles. The van der Waals surface area contributed by atoms with Crippen molar-refractivity contribution in [2.75, 3.05) is 7.11 Å². The van der Waals surface area contributed by atoms with Crippen molar-refractivity contribution in [2.45, 2.75) is 13.7 Å². The standard InChI is InChI=1S/C17H14N4O3S/c1-10-18-16(24-20-10)13-8-25-17(19-13)15(22)12-7-21(9-23-2)14-6-4-3-5-11(12)14/h3-8H,9H2,1-2H3. The van der Waals surface area contributed by atoms with Crippen LogP contribution in [0.1, 0.15) is 21.2 Å². The predicted octanol–water partition coefficient (Wildman–Crippen LogP) is 3.29. The van der Waals surface area contributed by atoms with Gasteiger partial charge in [0.15, 0.2) is 10.8 Å². The van der Waals surface area contributed by atoms with Crippen LogP contribution >= 0.6 is 11.3 Å². The molecule has 0 saturated carbocycles. The zero-order chi connectivity index (χ0) is 17.4. The molecule has 0 unspecified atom stereocenters. The third-order valence-corrected chi connectivity index (χ3v) is 4.59. The quantitative estimate of drug-likeness (QED) is 0.511. The number of thiazole rings is 1. The smallest absolute Gasteiger partial charge is 0.277 e. The van der Waals surface area contributed by atoms with E-state index in [0.717, 1.165) is 10.9 Å². The number of aromatic nitrogens is 4. The maximum atomic E-state index is 13.0. The maximum Gasteiger partial charge on any atom is 0.277 e. The first-order valence-electron chi connectivity index (χ1n) is 7.55. The van der Waals surface area contributed by atoms with Gasteiger partial charge in [-0.1, -0.05) is 23.4 Å². The van der Waals surface area contributed by atoms with Gasteiger partial charge in [0.25, 0.3) is 5.89 Å². The molecule has 3 heterocycles. The van der Waals surface area contributed by atoms with E-state index in [1.165, 1.54) is 11.3 Å². The summed E-state index contributed by atoms with van der Waals surface area (Å²) in [6, 6.07) is 7.72. The number of rotatable bonds is 5. The summed E-state index contributed by atoms with van der Waals surface area (Å²) in [6.07, 6.45) is 1.80. The molecule has 0 aliphatic rings. The number of methoxy groups -OCH3 is 1. The lowest BCUT2D eigenvalue weighted by Gasteiger charge is -2.01. The topological polar surface area (TPSA) is 83.0 Å². The van der Waals surface area contributed by atoms with Crippen LogP contribution in [-0.4, -0.2) is 32.6 Å².